The van der Waals surface area contributed by atoms with E-state index in [0.29, 0.717) is 6.54 Å². The van der Waals surface area contributed by atoms with Gasteiger partial charge in [-0.1, -0.05) is 13.8 Å². The van der Waals surface area contributed by atoms with E-state index in [1.807, 2.05) is 13.8 Å². The fourth-order valence-electron chi connectivity index (χ4n) is 1.56. The Kier molecular flexibility index (Phi) is 7.37. The molecule has 8 heteroatoms. The van der Waals surface area contributed by atoms with Crippen LogP contribution in [0.15, 0.2) is 24.3 Å². The molecule has 1 N–H and O–H groups in total. The van der Waals surface area contributed by atoms with E-state index in [1.54, 1.807) is 0 Å². The Bertz CT molecular complexity index is 548. The van der Waals surface area contributed by atoms with Crippen molar-refractivity contribution in [3.63, 3.8) is 0 Å². The number of hydrogen-bond acceptors (Lipinski definition) is 3. The van der Waals surface area contributed by atoms with E-state index in [2.05, 4.69) is 14.8 Å². The van der Waals surface area contributed by atoms with Gasteiger partial charge in [0.1, 0.15) is 11.5 Å². The minimum absolute atomic E-state index is 0.131. The summed E-state index contributed by atoms with van der Waals surface area (Å²) in [5.74, 6) is -0.839. The number of alkyl halides is 4. The quantitative estimate of drug-likeness (QED) is 0.582. The number of nitrogens with one attached hydrogen (secondary N) is 1. The third kappa shape index (κ3) is 7.53. The normalized spacial score (nSPS) is 11.5. The van der Waals surface area contributed by atoms with E-state index in [1.165, 1.54) is 12.1 Å². The highest BCUT2D eigenvalue weighted by Crippen LogP contribution is 2.28. The minimum atomic E-state index is -3.14. The summed E-state index contributed by atoms with van der Waals surface area (Å²) >= 11 is 0. The highest BCUT2D eigenvalue weighted by Gasteiger charge is 2.12. The van der Waals surface area contributed by atoms with Gasteiger partial charge in [-0.15, -0.1) is 0 Å². The second kappa shape index (κ2) is 9.02. The second-order valence-electron chi connectivity index (χ2n) is 4.93. The topological polar surface area (TPSA) is 47.6 Å². The molecular formula is C15H17F4NO3. The molecule has 0 unspecified atom stereocenters. The first-order valence-electron chi connectivity index (χ1n) is 6.77. The maximum absolute atomic E-state index is 12.4. The van der Waals surface area contributed by atoms with E-state index in [-0.39, 0.29) is 23.0 Å². The molecule has 0 spiro atoms. The summed E-state index contributed by atoms with van der Waals surface area (Å²) in [5, 5.41) is 2.61. The molecule has 0 bridgehead atoms. The molecule has 1 aromatic rings. The molecule has 0 radical (unpaired) electrons. The third-order valence-electron chi connectivity index (χ3n) is 2.53. The molecule has 0 saturated carbocycles. The van der Waals surface area contributed by atoms with Crippen LogP contribution in [-0.2, 0) is 4.79 Å². The van der Waals surface area contributed by atoms with Gasteiger partial charge in [-0.3, -0.25) is 4.79 Å². The van der Waals surface area contributed by atoms with Crippen LogP contribution < -0.4 is 14.8 Å². The maximum atomic E-state index is 12.4. The monoisotopic (exact) mass is 335 g/mol. The van der Waals surface area contributed by atoms with Crippen molar-refractivity contribution in [1.82, 2.24) is 5.32 Å². The van der Waals surface area contributed by atoms with Gasteiger partial charge in [-0.2, -0.15) is 17.6 Å². The lowest BCUT2D eigenvalue weighted by Gasteiger charge is -2.11. The molecule has 0 fully saturated rings. The summed E-state index contributed by atoms with van der Waals surface area (Å²) in [6.45, 7) is -1.93. The van der Waals surface area contributed by atoms with E-state index in [9.17, 15) is 22.4 Å². The summed E-state index contributed by atoms with van der Waals surface area (Å²) in [4.78, 5) is 11.6. The van der Waals surface area contributed by atoms with Crippen LogP contribution in [0, 0.1) is 5.92 Å². The Labute approximate surface area is 131 Å². The summed E-state index contributed by atoms with van der Waals surface area (Å²) in [6, 6.07) is 3.31. The van der Waals surface area contributed by atoms with Crippen LogP contribution in [0.1, 0.15) is 19.4 Å². The van der Waals surface area contributed by atoms with Gasteiger partial charge in [-0.25, -0.2) is 0 Å². The fourth-order valence-corrected chi connectivity index (χ4v) is 1.56. The molecule has 128 valence electrons. The van der Waals surface area contributed by atoms with Crippen LogP contribution in [0.4, 0.5) is 17.6 Å². The van der Waals surface area contributed by atoms with Crippen molar-refractivity contribution in [2.75, 3.05) is 6.54 Å². The van der Waals surface area contributed by atoms with Gasteiger partial charge in [0.15, 0.2) is 0 Å². The molecule has 0 aliphatic heterocycles. The van der Waals surface area contributed by atoms with Crippen LogP contribution in [0.5, 0.6) is 11.5 Å². The number of ether oxygens (including phenoxy) is 2. The lowest BCUT2D eigenvalue weighted by Crippen LogP contribution is -2.25. The van der Waals surface area contributed by atoms with Crippen molar-refractivity contribution < 1.29 is 31.8 Å². The van der Waals surface area contributed by atoms with Crippen molar-refractivity contribution in [1.29, 1.82) is 0 Å². The molecule has 1 amide bonds. The van der Waals surface area contributed by atoms with Crippen LogP contribution in [0.3, 0.4) is 0 Å². The third-order valence-corrected chi connectivity index (χ3v) is 2.53. The Morgan fingerprint density at radius 3 is 2.39 bits per heavy atom. The van der Waals surface area contributed by atoms with Crippen LogP contribution >= 0.6 is 0 Å². The number of carbonyl (C=O) groups is 1. The van der Waals surface area contributed by atoms with Crippen LogP contribution in [0.25, 0.3) is 6.08 Å². The summed E-state index contributed by atoms with van der Waals surface area (Å²) in [6.07, 6.45) is 2.39. The molecule has 0 heterocycles. The average Bonchev–Trinajstić information content (AvgIpc) is 2.43. The first kappa shape index (κ1) is 18.8. The molecule has 0 saturated heterocycles. The van der Waals surface area contributed by atoms with Gasteiger partial charge in [0, 0.05) is 24.3 Å². The van der Waals surface area contributed by atoms with E-state index < -0.39 is 19.1 Å². The number of hydrogen-bond donors (Lipinski definition) is 1. The molecule has 4 nitrogen and oxygen atoms in total. The molecule has 1 aromatic carbocycles. The van der Waals surface area contributed by atoms with Crippen molar-refractivity contribution in [2.45, 2.75) is 27.1 Å². The molecule has 23 heavy (non-hydrogen) atoms. The van der Waals surface area contributed by atoms with Gasteiger partial charge in [0.05, 0.1) is 0 Å². The molecule has 0 aliphatic carbocycles. The number of carbonyl (C=O) groups excluding carboxylic acids is 1. The molecule has 0 atom stereocenters. The number of rotatable bonds is 8. The summed E-state index contributed by atoms with van der Waals surface area (Å²) in [7, 11) is 0. The van der Waals surface area contributed by atoms with Crippen LogP contribution in [0.2, 0.25) is 0 Å². The van der Waals surface area contributed by atoms with Gasteiger partial charge in [-0.05, 0) is 24.1 Å². The summed E-state index contributed by atoms with van der Waals surface area (Å²) in [5.41, 5.74) is 0.131. The zero-order valence-electron chi connectivity index (χ0n) is 12.6. The first-order valence-corrected chi connectivity index (χ1v) is 6.77. The van der Waals surface area contributed by atoms with Crippen molar-refractivity contribution >= 4 is 12.0 Å². The maximum Gasteiger partial charge on any atom is 0.387 e. The number of benzene rings is 1. The lowest BCUT2D eigenvalue weighted by atomic mass is 10.1. The highest BCUT2D eigenvalue weighted by atomic mass is 19.3. The largest absolute Gasteiger partial charge is 0.435 e. The molecular weight excluding hydrogens is 318 g/mol. The molecule has 0 aliphatic rings. The Morgan fingerprint density at radius 2 is 1.83 bits per heavy atom. The van der Waals surface area contributed by atoms with E-state index in [0.717, 1.165) is 18.2 Å². The van der Waals surface area contributed by atoms with Gasteiger partial charge >= 0.3 is 13.2 Å². The average molecular weight is 335 g/mol. The zero-order chi connectivity index (χ0) is 17.4. The molecule has 0 aromatic heterocycles. The lowest BCUT2D eigenvalue weighted by molar-refractivity contribution is -0.116. The fraction of sp³-hybridized carbons (Fsp3) is 0.400. The highest BCUT2D eigenvalue weighted by molar-refractivity contribution is 5.92. The Hall–Kier alpha value is -2.25. The number of amides is 1. The van der Waals surface area contributed by atoms with Crippen molar-refractivity contribution in [3.8, 4) is 11.5 Å². The second-order valence-corrected chi connectivity index (χ2v) is 4.93. The van der Waals surface area contributed by atoms with Crippen molar-refractivity contribution in [3.05, 3.63) is 29.8 Å². The minimum Gasteiger partial charge on any atom is -0.435 e. The first-order chi connectivity index (χ1) is 10.8. The zero-order valence-corrected chi connectivity index (χ0v) is 12.6. The SMILES string of the molecule is CC(C)CNC(=O)/C=C/c1ccc(OC(F)F)cc1OC(F)F. The van der Waals surface area contributed by atoms with Crippen molar-refractivity contribution in [2.24, 2.45) is 5.92 Å². The standard InChI is InChI=1S/C15H17F4NO3/c1-9(2)8-20-13(21)6-4-10-3-5-11(22-14(16)17)7-12(10)23-15(18)19/h3-7,9,14-15H,8H2,1-2H3,(H,20,21)/b6-4+. The van der Waals surface area contributed by atoms with Gasteiger partial charge in [0.25, 0.3) is 0 Å². The Balaban J connectivity index is 2.89. The van der Waals surface area contributed by atoms with Gasteiger partial charge < -0.3 is 14.8 Å². The van der Waals surface area contributed by atoms with Crippen LogP contribution in [-0.4, -0.2) is 25.7 Å². The number of halogens is 4. The molecule has 1 rings (SSSR count). The predicted octanol–water partition coefficient (Wildman–Crippen LogP) is 3.67. The summed E-state index contributed by atoms with van der Waals surface area (Å²) < 4.78 is 57.4. The van der Waals surface area contributed by atoms with Gasteiger partial charge in [0.2, 0.25) is 5.91 Å². The predicted molar refractivity (Wildman–Crippen MR) is 76.6 cm³/mol. The van der Waals surface area contributed by atoms with E-state index in [4.69, 9.17) is 0 Å². The van der Waals surface area contributed by atoms with E-state index >= 15 is 0 Å². The Morgan fingerprint density at radius 1 is 1.17 bits per heavy atom. The smallest absolute Gasteiger partial charge is 0.387 e.